The molecule has 8 heteroatoms. The zero-order valence-electron chi connectivity index (χ0n) is 15.8. The van der Waals surface area contributed by atoms with Crippen LogP contribution in [0.2, 0.25) is 5.02 Å². The monoisotopic (exact) mass is 411 g/mol. The molecule has 1 aromatic heterocycles. The third-order valence-electron chi connectivity index (χ3n) is 4.40. The maximum atomic E-state index is 12.3. The quantitative estimate of drug-likeness (QED) is 0.473. The van der Waals surface area contributed by atoms with Crippen LogP contribution in [0.4, 0.5) is 0 Å². The Morgan fingerprint density at radius 1 is 1.07 bits per heavy atom. The van der Waals surface area contributed by atoms with Crippen LogP contribution in [-0.2, 0) is 7.05 Å². The normalized spacial score (nSPS) is 11.5. The summed E-state index contributed by atoms with van der Waals surface area (Å²) >= 11 is 5.91. The summed E-state index contributed by atoms with van der Waals surface area (Å²) in [5.41, 5.74) is 2.42. The van der Waals surface area contributed by atoms with Crippen LogP contribution >= 0.6 is 11.6 Å². The Hall–Kier alpha value is -3.45. The highest BCUT2D eigenvalue weighted by molar-refractivity contribution is 6.30. The lowest BCUT2D eigenvalue weighted by molar-refractivity contribution is 0.0696. The van der Waals surface area contributed by atoms with Gasteiger partial charge in [-0.25, -0.2) is 4.79 Å². The molecule has 0 amide bonds. The summed E-state index contributed by atoms with van der Waals surface area (Å²) in [6.07, 6.45) is 0. The number of aryl methyl sites for hydroxylation is 1. The Bertz CT molecular complexity index is 1100. The van der Waals surface area contributed by atoms with Crippen LogP contribution in [0.5, 0.6) is 5.75 Å². The molecule has 0 aliphatic heterocycles. The number of carboxylic acid groups (broad SMARTS) is 1. The number of aromatic nitrogens is 2. The number of carboxylic acids is 1. The van der Waals surface area contributed by atoms with E-state index < -0.39 is 5.97 Å². The minimum absolute atomic E-state index is 0.0330. The molecule has 3 rings (SSSR count). The number of aromatic hydroxyl groups is 1. The van der Waals surface area contributed by atoms with Crippen molar-refractivity contribution in [3.8, 4) is 17.0 Å². The van der Waals surface area contributed by atoms with Gasteiger partial charge in [-0.05, 0) is 31.2 Å². The highest BCUT2D eigenvalue weighted by Crippen LogP contribution is 2.32. The number of carbonyl (C=O) groups is 2. The van der Waals surface area contributed by atoms with Gasteiger partial charge in [0.05, 0.1) is 11.3 Å². The maximum absolute atomic E-state index is 12.3. The Labute approximate surface area is 171 Å². The Kier molecular flexibility index (Phi) is 5.79. The van der Waals surface area contributed by atoms with Gasteiger partial charge < -0.3 is 10.2 Å². The first kappa shape index (κ1) is 20.3. The van der Waals surface area contributed by atoms with Crippen LogP contribution in [0.3, 0.4) is 0 Å². The Balaban J connectivity index is 1.81. The van der Waals surface area contributed by atoms with Crippen LogP contribution in [0.1, 0.15) is 33.3 Å². The van der Waals surface area contributed by atoms with Crippen LogP contribution in [0.25, 0.3) is 11.3 Å². The lowest BCUT2D eigenvalue weighted by Crippen LogP contribution is -2.07. The van der Waals surface area contributed by atoms with E-state index in [2.05, 4.69) is 10.1 Å². The second-order valence-electron chi connectivity index (χ2n) is 6.38. The van der Waals surface area contributed by atoms with E-state index in [1.54, 1.807) is 42.9 Å². The molecular formula is C21H18ClN3O4. The molecule has 7 nitrogen and oxygen atoms in total. The Morgan fingerprint density at radius 3 is 2.24 bits per heavy atom. The van der Waals surface area contributed by atoms with E-state index in [4.69, 9.17) is 16.7 Å². The number of benzene rings is 2. The fourth-order valence-electron chi connectivity index (χ4n) is 2.84. The van der Waals surface area contributed by atoms with Gasteiger partial charge in [0.2, 0.25) is 0 Å². The smallest absolute Gasteiger partial charge is 0.335 e. The SMILES string of the molecule is CC(=NCC(=O)c1ccc(C(=O)O)cc1)c1nn(C)c(-c2ccc(Cl)cc2)c1O. The third kappa shape index (κ3) is 4.35. The number of ketones is 1. The van der Waals surface area contributed by atoms with E-state index >= 15 is 0 Å². The fraction of sp³-hybridized carbons (Fsp3) is 0.143. The summed E-state index contributed by atoms with van der Waals surface area (Å²) in [6.45, 7) is 1.51. The molecule has 1 heterocycles. The fourth-order valence-corrected chi connectivity index (χ4v) is 2.97. The van der Waals surface area contributed by atoms with Crippen molar-refractivity contribution < 1.29 is 19.8 Å². The van der Waals surface area contributed by atoms with Gasteiger partial charge in [-0.1, -0.05) is 35.9 Å². The molecule has 0 saturated heterocycles. The van der Waals surface area contributed by atoms with Crippen LogP contribution < -0.4 is 0 Å². The van der Waals surface area contributed by atoms with Crippen molar-refractivity contribution in [3.63, 3.8) is 0 Å². The molecule has 0 atom stereocenters. The minimum Gasteiger partial charge on any atom is -0.504 e. The summed E-state index contributed by atoms with van der Waals surface area (Å²) in [7, 11) is 1.70. The molecule has 0 radical (unpaired) electrons. The van der Waals surface area contributed by atoms with Crippen molar-refractivity contribution in [1.82, 2.24) is 9.78 Å². The predicted octanol–water partition coefficient (Wildman–Crippen LogP) is 3.84. The first-order valence-electron chi connectivity index (χ1n) is 8.67. The van der Waals surface area contributed by atoms with E-state index in [1.807, 2.05) is 0 Å². The van der Waals surface area contributed by atoms with Gasteiger partial charge in [-0.2, -0.15) is 5.10 Å². The van der Waals surface area contributed by atoms with E-state index in [1.165, 1.54) is 24.3 Å². The average molecular weight is 412 g/mol. The molecule has 148 valence electrons. The van der Waals surface area contributed by atoms with Gasteiger partial charge in [0.15, 0.2) is 11.5 Å². The summed E-state index contributed by atoms with van der Waals surface area (Å²) in [5, 5.41) is 24.5. The largest absolute Gasteiger partial charge is 0.504 e. The molecule has 0 saturated carbocycles. The van der Waals surface area contributed by atoms with Gasteiger partial charge in [0.1, 0.15) is 17.9 Å². The summed E-state index contributed by atoms with van der Waals surface area (Å²) < 4.78 is 1.54. The number of nitrogens with zero attached hydrogens (tertiary/aromatic N) is 3. The van der Waals surface area contributed by atoms with Gasteiger partial charge in [0.25, 0.3) is 0 Å². The topological polar surface area (TPSA) is 105 Å². The first-order valence-corrected chi connectivity index (χ1v) is 9.05. The number of hydrogen-bond acceptors (Lipinski definition) is 5. The predicted molar refractivity (Wildman–Crippen MR) is 110 cm³/mol. The zero-order chi connectivity index (χ0) is 21.1. The molecule has 2 N–H and O–H groups in total. The Morgan fingerprint density at radius 2 is 1.66 bits per heavy atom. The zero-order valence-corrected chi connectivity index (χ0v) is 16.5. The summed E-state index contributed by atoms with van der Waals surface area (Å²) in [5.74, 6) is -1.36. The van der Waals surface area contributed by atoms with Crippen molar-refractivity contribution in [2.75, 3.05) is 6.54 Å². The number of hydrogen-bond donors (Lipinski definition) is 2. The lowest BCUT2D eigenvalue weighted by atomic mass is 10.1. The summed E-state index contributed by atoms with van der Waals surface area (Å²) in [6, 6.07) is 12.6. The van der Waals surface area contributed by atoms with Crippen molar-refractivity contribution in [3.05, 3.63) is 70.4 Å². The van der Waals surface area contributed by atoms with Crippen molar-refractivity contribution in [2.45, 2.75) is 6.92 Å². The van der Waals surface area contributed by atoms with Gasteiger partial charge in [0, 0.05) is 23.2 Å². The van der Waals surface area contributed by atoms with E-state index in [0.29, 0.717) is 22.0 Å². The molecule has 0 spiro atoms. The van der Waals surface area contributed by atoms with Crippen molar-refractivity contribution in [1.29, 1.82) is 0 Å². The lowest BCUT2D eigenvalue weighted by Gasteiger charge is -2.03. The number of aliphatic imine (C=N–C) groups is 1. The minimum atomic E-state index is -1.06. The van der Waals surface area contributed by atoms with Crippen molar-refractivity contribution >= 4 is 29.1 Å². The van der Waals surface area contributed by atoms with Crippen molar-refractivity contribution in [2.24, 2.45) is 12.0 Å². The second-order valence-corrected chi connectivity index (χ2v) is 6.82. The highest BCUT2D eigenvalue weighted by Gasteiger charge is 2.19. The molecule has 0 unspecified atom stereocenters. The maximum Gasteiger partial charge on any atom is 0.335 e. The van der Waals surface area contributed by atoms with Gasteiger partial charge in [-0.3, -0.25) is 14.5 Å². The van der Waals surface area contributed by atoms with E-state index in [9.17, 15) is 14.7 Å². The highest BCUT2D eigenvalue weighted by atomic mass is 35.5. The van der Waals surface area contributed by atoms with E-state index in [-0.39, 0.29) is 29.3 Å². The third-order valence-corrected chi connectivity index (χ3v) is 4.65. The number of aromatic carboxylic acids is 1. The molecule has 0 aliphatic rings. The molecular weight excluding hydrogens is 394 g/mol. The molecule has 0 aliphatic carbocycles. The van der Waals surface area contributed by atoms with Gasteiger partial charge in [-0.15, -0.1) is 0 Å². The van der Waals surface area contributed by atoms with Crippen LogP contribution in [0, 0.1) is 0 Å². The molecule has 0 bridgehead atoms. The number of Topliss-reactive ketones (excluding diaryl/α,β-unsaturated/α-hetero) is 1. The standard InChI is InChI=1S/C21H18ClN3O4/c1-12(23-11-17(26)13-3-5-15(6-4-13)21(28)29)18-20(27)19(25(2)24-18)14-7-9-16(22)10-8-14/h3-10,27H,11H2,1-2H3,(H,28,29). The average Bonchev–Trinajstić information content (AvgIpc) is 3.01. The molecule has 29 heavy (non-hydrogen) atoms. The van der Waals surface area contributed by atoms with Crippen LogP contribution in [0.15, 0.2) is 53.5 Å². The first-order chi connectivity index (χ1) is 13.8. The summed E-state index contributed by atoms with van der Waals surface area (Å²) in [4.78, 5) is 27.5. The van der Waals surface area contributed by atoms with Gasteiger partial charge >= 0.3 is 5.97 Å². The number of rotatable bonds is 6. The number of halogens is 1. The van der Waals surface area contributed by atoms with E-state index in [0.717, 1.165) is 5.56 Å². The molecule has 3 aromatic rings. The second kappa shape index (κ2) is 8.28. The number of carbonyl (C=O) groups excluding carboxylic acids is 1. The van der Waals surface area contributed by atoms with Crippen LogP contribution in [-0.4, -0.2) is 44.0 Å². The molecule has 0 fully saturated rings. The molecule has 2 aromatic carbocycles.